The monoisotopic (exact) mass is 207 g/mol. The van der Waals surface area contributed by atoms with Crippen molar-refractivity contribution in [3.05, 3.63) is 34.0 Å². The standard InChI is InChI=1S/C12H17NS/c1-2-3-6-10(13)12-8-9-5-4-7-11(9)14-12/h2,8,10H,1,3-7,13H2. The number of fused-ring (bicyclic) bond motifs is 1. The fraction of sp³-hybridized carbons (Fsp3) is 0.500. The molecule has 0 spiro atoms. The summed E-state index contributed by atoms with van der Waals surface area (Å²) < 4.78 is 0. The van der Waals surface area contributed by atoms with Crippen molar-refractivity contribution in [2.45, 2.75) is 38.1 Å². The van der Waals surface area contributed by atoms with Gasteiger partial charge in [0.1, 0.15) is 0 Å². The van der Waals surface area contributed by atoms with E-state index < -0.39 is 0 Å². The molecule has 1 aliphatic carbocycles. The maximum absolute atomic E-state index is 6.10. The first-order valence-electron chi connectivity index (χ1n) is 5.29. The fourth-order valence-electron chi connectivity index (χ4n) is 1.97. The third kappa shape index (κ3) is 1.91. The second-order valence-electron chi connectivity index (χ2n) is 3.92. The predicted molar refractivity (Wildman–Crippen MR) is 62.7 cm³/mol. The van der Waals surface area contributed by atoms with E-state index in [2.05, 4.69) is 12.6 Å². The molecule has 0 aliphatic heterocycles. The van der Waals surface area contributed by atoms with Crippen LogP contribution in [0.2, 0.25) is 0 Å². The highest BCUT2D eigenvalue weighted by Crippen LogP contribution is 2.34. The van der Waals surface area contributed by atoms with Gasteiger partial charge in [0.05, 0.1) is 0 Å². The van der Waals surface area contributed by atoms with Crippen LogP contribution in [0.1, 0.15) is 40.6 Å². The van der Waals surface area contributed by atoms with E-state index >= 15 is 0 Å². The molecule has 2 heteroatoms. The number of hydrogen-bond acceptors (Lipinski definition) is 2. The maximum Gasteiger partial charge on any atom is 0.0392 e. The molecular formula is C12H17NS. The van der Waals surface area contributed by atoms with Gasteiger partial charge in [0, 0.05) is 15.8 Å². The van der Waals surface area contributed by atoms with Crippen LogP contribution in [0.5, 0.6) is 0 Å². The van der Waals surface area contributed by atoms with Gasteiger partial charge in [0.2, 0.25) is 0 Å². The molecule has 2 N–H and O–H groups in total. The van der Waals surface area contributed by atoms with Gasteiger partial charge in [0.15, 0.2) is 0 Å². The van der Waals surface area contributed by atoms with Crippen molar-refractivity contribution < 1.29 is 0 Å². The highest BCUT2D eigenvalue weighted by Gasteiger charge is 2.17. The maximum atomic E-state index is 6.10. The van der Waals surface area contributed by atoms with E-state index in [0.29, 0.717) is 0 Å². The number of hydrogen-bond donors (Lipinski definition) is 1. The number of rotatable bonds is 4. The van der Waals surface area contributed by atoms with Crippen LogP contribution in [0.4, 0.5) is 0 Å². The smallest absolute Gasteiger partial charge is 0.0392 e. The molecule has 0 saturated carbocycles. The van der Waals surface area contributed by atoms with Gasteiger partial charge in [-0.25, -0.2) is 0 Å². The number of allylic oxidation sites excluding steroid dienone is 1. The molecule has 0 radical (unpaired) electrons. The summed E-state index contributed by atoms with van der Waals surface area (Å²) >= 11 is 1.92. The first-order valence-corrected chi connectivity index (χ1v) is 6.11. The van der Waals surface area contributed by atoms with Gasteiger partial charge in [-0.3, -0.25) is 0 Å². The van der Waals surface area contributed by atoms with E-state index in [4.69, 9.17) is 5.73 Å². The van der Waals surface area contributed by atoms with Gasteiger partial charge in [-0.1, -0.05) is 6.08 Å². The summed E-state index contributed by atoms with van der Waals surface area (Å²) in [6, 6.07) is 2.55. The van der Waals surface area contributed by atoms with Crippen molar-refractivity contribution in [2.24, 2.45) is 5.73 Å². The molecule has 14 heavy (non-hydrogen) atoms. The van der Waals surface area contributed by atoms with E-state index in [1.165, 1.54) is 24.1 Å². The van der Waals surface area contributed by atoms with E-state index in [1.807, 2.05) is 17.4 Å². The van der Waals surface area contributed by atoms with Crippen LogP contribution < -0.4 is 5.73 Å². The van der Waals surface area contributed by atoms with E-state index in [1.54, 1.807) is 10.4 Å². The molecule has 1 atom stereocenters. The van der Waals surface area contributed by atoms with Gasteiger partial charge in [0.25, 0.3) is 0 Å². The van der Waals surface area contributed by atoms with E-state index in [0.717, 1.165) is 12.8 Å². The predicted octanol–water partition coefficient (Wildman–Crippen LogP) is 3.20. The van der Waals surface area contributed by atoms with Crippen LogP contribution in [0, 0.1) is 0 Å². The molecular weight excluding hydrogens is 190 g/mol. The Morgan fingerprint density at radius 3 is 3.14 bits per heavy atom. The Balaban J connectivity index is 2.05. The molecule has 0 aromatic carbocycles. The largest absolute Gasteiger partial charge is 0.323 e. The Hall–Kier alpha value is -0.600. The van der Waals surface area contributed by atoms with Crippen molar-refractivity contribution in [3.8, 4) is 0 Å². The van der Waals surface area contributed by atoms with Crippen LogP contribution in [-0.4, -0.2) is 0 Å². The zero-order valence-corrected chi connectivity index (χ0v) is 9.28. The van der Waals surface area contributed by atoms with Crippen LogP contribution in [-0.2, 0) is 12.8 Å². The highest BCUT2D eigenvalue weighted by atomic mass is 32.1. The molecule has 76 valence electrons. The Morgan fingerprint density at radius 1 is 1.57 bits per heavy atom. The third-order valence-electron chi connectivity index (χ3n) is 2.81. The third-order valence-corrected chi connectivity index (χ3v) is 4.18. The normalized spacial score (nSPS) is 16.6. The zero-order valence-electron chi connectivity index (χ0n) is 8.46. The molecule has 0 fully saturated rings. The minimum Gasteiger partial charge on any atom is -0.323 e. The Kier molecular flexibility index (Phi) is 3.04. The van der Waals surface area contributed by atoms with Gasteiger partial charge < -0.3 is 5.73 Å². The molecule has 1 nitrogen and oxygen atoms in total. The summed E-state index contributed by atoms with van der Waals surface area (Å²) in [6.45, 7) is 3.72. The van der Waals surface area contributed by atoms with Crippen molar-refractivity contribution in [1.82, 2.24) is 0 Å². The lowest BCUT2D eigenvalue weighted by atomic mass is 10.1. The summed E-state index contributed by atoms with van der Waals surface area (Å²) in [4.78, 5) is 2.95. The minimum absolute atomic E-state index is 0.226. The SMILES string of the molecule is C=CCCC(N)c1cc2c(s1)CCC2. The van der Waals surface area contributed by atoms with Crippen LogP contribution in [0.25, 0.3) is 0 Å². The van der Waals surface area contributed by atoms with Crippen LogP contribution >= 0.6 is 11.3 Å². The highest BCUT2D eigenvalue weighted by molar-refractivity contribution is 7.12. The van der Waals surface area contributed by atoms with Gasteiger partial charge in [-0.15, -0.1) is 17.9 Å². The Morgan fingerprint density at radius 2 is 2.43 bits per heavy atom. The van der Waals surface area contributed by atoms with E-state index in [9.17, 15) is 0 Å². The zero-order chi connectivity index (χ0) is 9.97. The summed E-state index contributed by atoms with van der Waals surface area (Å²) in [5, 5.41) is 0. The Bertz CT molecular complexity index is 306. The summed E-state index contributed by atoms with van der Waals surface area (Å²) in [6.07, 6.45) is 7.87. The summed E-state index contributed by atoms with van der Waals surface area (Å²) in [5.74, 6) is 0. The second kappa shape index (κ2) is 4.28. The lowest BCUT2D eigenvalue weighted by Crippen LogP contribution is -2.07. The van der Waals surface area contributed by atoms with Gasteiger partial charge in [-0.05, 0) is 43.7 Å². The molecule has 0 saturated heterocycles. The summed E-state index contributed by atoms with van der Waals surface area (Å²) in [5.41, 5.74) is 7.66. The molecule has 1 aromatic rings. The fourth-order valence-corrected chi connectivity index (χ4v) is 3.27. The van der Waals surface area contributed by atoms with Crippen molar-refractivity contribution in [2.75, 3.05) is 0 Å². The van der Waals surface area contributed by atoms with Crippen molar-refractivity contribution >= 4 is 11.3 Å². The minimum atomic E-state index is 0.226. The average molecular weight is 207 g/mol. The van der Waals surface area contributed by atoms with Crippen molar-refractivity contribution in [3.63, 3.8) is 0 Å². The van der Waals surface area contributed by atoms with Gasteiger partial charge in [-0.2, -0.15) is 0 Å². The van der Waals surface area contributed by atoms with Gasteiger partial charge >= 0.3 is 0 Å². The second-order valence-corrected chi connectivity index (χ2v) is 5.09. The van der Waals surface area contributed by atoms with Crippen LogP contribution in [0.3, 0.4) is 0 Å². The number of aryl methyl sites for hydroxylation is 2. The quantitative estimate of drug-likeness (QED) is 0.754. The number of nitrogens with two attached hydrogens (primary N) is 1. The molecule has 1 heterocycles. The molecule has 2 rings (SSSR count). The number of thiophene rings is 1. The first-order chi connectivity index (χ1) is 6.81. The first kappa shape index (κ1) is 9.94. The lowest BCUT2D eigenvalue weighted by Gasteiger charge is -2.06. The van der Waals surface area contributed by atoms with E-state index in [-0.39, 0.29) is 6.04 Å². The molecule has 1 aliphatic rings. The molecule has 1 unspecified atom stereocenters. The van der Waals surface area contributed by atoms with Crippen LogP contribution in [0.15, 0.2) is 18.7 Å². The lowest BCUT2D eigenvalue weighted by molar-refractivity contribution is 0.672. The topological polar surface area (TPSA) is 26.0 Å². The molecule has 0 bridgehead atoms. The average Bonchev–Trinajstić information content (AvgIpc) is 2.72. The Labute approximate surface area is 89.6 Å². The molecule has 1 aromatic heterocycles. The molecule has 0 amide bonds. The van der Waals surface area contributed by atoms with Crippen molar-refractivity contribution in [1.29, 1.82) is 0 Å². The summed E-state index contributed by atoms with van der Waals surface area (Å²) in [7, 11) is 0.